The first kappa shape index (κ1) is 13.0. The molecular formula is C17H14N2O4. The fraction of sp³-hybridized carbons (Fsp3) is 0.412. The van der Waals surface area contributed by atoms with Gasteiger partial charge in [0.1, 0.15) is 5.69 Å². The molecule has 1 heterocycles. The number of carbonyl (C=O) groups is 2. The maximum absolute atomic E-state index is 12.9. The zero-order valence-electron chi connectivity index (χ0n) is 12.2. The zero-order chi connectivity index (χ0) is 15.9. The first-order chi connectivity index (χ1) is 11.1. The van der Waals surface area contributed by atoms with E-state index in [-0.39, 0.29) is 46.9 Å². The van der Waals surface area contributed by atoms with E-state index >= 15 is 0 Å². The van der Waals surface area contributed by atoms with Crippen LogP contribution in [0.15, 0.2) is 36.4 Å². The normalized spacial score (nSPS) is 39.4. The van der Waals surface area contributed by atoms with Crippen molar-refractivity contribution in [1.82, 2.24) is 0 Å². The number of hydrogen-bond acceptors (Lipinski definition) is 4. The molecular weight excluding hydrogens is 296 g/mol. The highest BCUT2D eigenvalue weighted by atomic mass is 16.6. The van der Waals surface area contributed by atoms with Crippen molar-refractivity contribution in [2.75, 3.05) is 4.90 Å². The van der Waals surface area contributed by atoms with Gasteiger partial charge in [-0.1, -0.05) is 24.3 Å². The third kappa shape index (κ3) is 1.48. The van der Waals surface area contributed by atoms with Crippen molar-refractivity contribution in [2.45, 2.75) is 6.42 Å². The zero-order valence-corrected chi connectivity index (χ0v) is 12.2. The molecule has 3 fully saturated rings. The third-order valence-corrected chi connectivity index (χ3v) is 5.98. The van der Waals surface area contributed by atoms with Crippen molar-refractivity contribution in [3.63, 3.8) is 0 Å². The molecule has 1 aromatic carbocycles. The number of hydrogen-bond donors (Lipinski definition) is 0. The van der Waals surface area contributed by atoms with E-state index in [9.17, 15) is 19.7 Å². The largest absolute Gasteiger partial charge is 0.293 e. The molecule has 0 aromatic heterocycles. The van der Waals surface area contributed by atoms with E-state index in [0.29, 0.717) is 11.8 Å². The maximum Gasteiger partial charge on any atom is 0.293 e. The second-order valence-corrected chi connectivity index (χ2v) is 6.91. The van der Waals surface area contributed by atoms with Crippen LogP contribution >= 0.6 is 0 Å². The van der Waals surface area contributed by atoms with Gasteiger partial charge in [0.05, 0.1) is 16.8 Å². The molecule has 23 heavy (non-hydrogen) atoms. The molecule has 6 atom stereocenters. The van der Waals surface area contributed by atoms with Crippen LogP contribution in [0.1, 0.15) is 6.42 Å². The van der Waals surface area contributed by atoms with Crippen LogP contribution in [-0.4, -0.2) is 16.7 Å². The van der Waals surface area contributed by atoms with Gasteiger partial charge in [0, 0.05) is 6.07 Å². The summed E-state index contributed by atoms with van der Waals surface area (Å²) in [4.78, 5) is 37.6. The maximum atomic E-state index is 12.9. The Hall–Kier alpha value is -2.50. The first-order valence-corrected chi connectivity index (χ1v) is 7.89. The van der Waals surface area contributed by atoms with E-state index < -0.39 is 4.92 Å². The van der Waals surface area contributed by atoms with Gasteiger partial charge in [0.2, 0.25) is 11.8 Å². The molecule has 6 heteroatoms. The Morgan fingerprint density at radius 1 is 1.00 bits per heavy atom. The van der Waals surface area contributed by atoms with E-state index in [1.807, 2.05) is 0 Å². The molecule has 0 spiro atoms. The van der Waals surface area contributed by atoms with Crippen LogP contribution in [0.5, 0.6) is 0 Å². The van der Waals surface area contributed by atoms with Crippen LogP contribution in [0.4, 0.5) is 11.4 Å². The van der Waals surface area contributed by atoms with Crippen LogP contribution in [0.2, 0.25) is 0 Å². The van der Waals surface area contributed by atoms with Crippen LogP contribution in [0.3, 0.4) is 0 Å². The summed E-state index contributed by atoms with van der Waals surface area (Å²) in [5.74, 6) is 0.0981. The number of anilines is 1. The molecule has 0 radical (unpaired) electrons. The number of para-hydroxylation sites is 2. The topological polar surface area (TPSA) is 80.5 Å². The van der Waals surface area contributed by atoms with E-state index in [1.54, 1.807) is 12.1 Å². The molecule has 6 rings (SSSR count). The van der Waals surface area contributed by atoms with Crippen LogP contribution in [-0.2, 0) is 9.59 Å². The highest BCUT2D eigenvalue weighted by molar-refractivity contribution is 6.23. The fourth-order valence-electron chi connectivity index (χ4n) is 5.00. The molecule has 4 aliphatic carbocycles. The van der Waals surface area contributed by atoms with E-state index in [1.165, 1.54) is 12.1 Å². The molecule has 6 nitrogen and oxygen atoms in total. The first-order valence-electron chi connectivity index (χ1n) is 7.89. The summed E-state index contributed by atoms with van der Waals surface area (Å²) in [5.41, 5.74) is -0.0896. The van der Waals surface area contributed by atoms with Crippen molar-refractivity contribution < 1.29 is 14.5 Å². The van der Waals surface area contributed by atoms with Crippen molar-refractivity contribution in [3.8, 4) is 0 Å². The van der Waals surface area contributed by atoms with E-state index in [2.05, 4.69) is 12.2 Å². The molecule has 2 saturated carbocycles. The van der Waals surface area contributed by atoms with Crippen molar-refractivity contribution in [3.05, 3.63) is 46.5 Å². The number of nitro benzene ring substituents is 1. The minimum atomic E-state index is -0.539. The lowest BCUT2D eigenvalue weighted by Gasteiger charge is -2.37. The van der Waals surface area contributed by atoms with Gasteiger partial charge in [-0.15, -0.1) is 0 Å². The Morgan fingerprint density at radius 3 is 2.13 bits per heavy atom. The molecule has 0 N–H and O–H groups in total. The minimum Gasteiger partial charge on any atom is -0.274 e. The summed E-state index contributed by atoms with van der Waals surface area (Å²) in [6, 6.07) is 5.98. The van der Waals surface area contributed by atoms with Crippen molar-refractivity contribution >= 4 is 23.2 Å². The smallest absolute Gasteiger partial charge is 0.274 e. The Bertz CT molecular complexity index is 766. The van der Waals surface area contributed by atoms with E-state index in [4.69, 9.17) is 0 Å². The number of nitro groups is 1. The average Bonchev–Trinajstić information content (AvgIpc) is 3.32. The van der Waals surface area contributed by atoms with Crippen molar-refractivity contribution in [1.29, 1.82) is 0 Å². The number of imide groups is 1. The summed E-state index contributed by atoms with van der Waals surface area (Å²) >= 11 is 0. The lowest BCUT2D eigenvalue weighted by atomic mass is 9.63. The van der Waals surface area contributed by atoms with E-state index in [0.717, 1.165) is 11.3 Å². The quantitative estimate of drug-likeness (QED) is 0.363. The molecule has 2 bridgehead atoms. The van der Waals surface area contributed by atoms with Gasteiger partial charge >= 0.3 is 0 Å². The van der Waals surface area contributed by atoms with Gasteiger partial charge in [-0.05, 0) is 36.2 Å². The second-order valence-electron chi connectivity index (χ2n) is 6.91. The van der Waals surface area contributed by atoms with Gasteiger partial charge in [0.25, 0.3) is 5.69 Å². The predicted octanol–water partition coefficient (Wildman–Crippen LogP) is 2.15. The summed E-state index contributed by atoms with van der Waals surface area (Å²) < 4.78 is 0. The lowest BCUT2D eigenvalue weighted by molar-refractivity contribution is -0.384. The third-order valence-electron chi connectivity index (χ3n) is 5.98. The highest BCUT2D eigenvalue weighted by Crippen LogP contribution is 2.65. The molecule has 1 aromatic rings. The molecule has 0 unspecified atom stereocenters. The number of amides is 2. The van der Waals surface area contributed by atoms with Gasteiger partial charge in [0.15, 0.2) is 0 Å². The van der Waals surface area contributed by atoms with Crippen LogP contribution < -0.4 is 4.90 Å². The number of rotatable bonds is 2. The Labute approximate surface area is 131 Å². The number of allylic oxidation sites excluding steroid dienone is 2. The Morgan fingerprint density at radius 2 is 1.57 bits per heavy atom. The lowest BCUT2D eigenvalue weighted by Crippen LogP contribution is -2.40. The number of nitrogens with zero attached hydrogens (tertiary/aromatic N) is 2. The molecule has 116 valence electrons. The van der Waals surface area contributed by atoms with Crippen LogP contribution in [0, 0.1) is 45.6 Å². The summed E-state index contributed by atoms with van der Waals surface area (Å²) in [6.45, 7) is 0. The van der Waals surface area contributed by atoms with Gasteiger partial charge in [-0.3, -0.25) is 19.7 Å². The fourth-order valence-corrected chi connectivity index (χ4v) is 5.00. The standard InChI is InChI=1S/C17H14N2O4/c20-16-14-8-5-6-9(11-7-10(8)11)15(14)17(21)18(16)12-3-1-2-4-13(12)19(22)23/h1-6,8-11,14-15H,7H2/t8-,9-,10-,11-,14+,15+/m1/s1. The van der Waals surface area contributed by atoms with Crippen molar-refractivity contribution in [2.24, 2.45) is 35.5 Å². The monoisotopic (exact) mass is 310 g/mol. The molecule has 1 aliphatic heterocycles. The number of carbonyl (C=O) groups excluding carboxylic acids is 2. The Balaban J connectivity index is 1.61. The second kappa shape index (κ2) is 4.07. The summed E-state index contributed by atoms with van der Waals surface area (Å²) in [7, 11) is 0. The molecule has 5 aliphatic rings. The van der Waals surface area contributed by atoms with Gasteiger partial charge < -0.3 is 0 Å². The number of benzene rings is 1. The summed E-state index contributed by atoms with van der Waals surface area (Å²) in [5, 5.41) is 11.3. The molecule has 2 amide bonds. The Kier molecular flexibility index (Phi) is 2.30. The van der Waals surface area contributed by atoms with Crippen LogP contribution in [0.25, 0.3) is 0 Å². The van der Waals surface area contributed by atoms with Gasteiger partial charge in [-0.2, -0.15) is 0 Å². The predicted molar refractivity (Wildman–Crippen MR) is 80.3 cm³/mol. The average molecular weight is 310 g/mol. The van der Waals surface area contributed by atoms with Gasteiger partial charge in [-0.25, -0.2) is 4.90 Å². The minimum absolute atomic E-state index is 0.106. The molecule has 1 saturated heterocycles. The summed E-state index contributed by atoms with van der Waals surface area (Å²) in [6.07, 6.45) is 5.28. The SMILES string of the molecule is O=C1[C@H]2[C@@H]3C=C[C@H]([C@H]4C[C@H]34)[C@@H]2C(=O)N1c1ccccc1[N+](=O)[O-]. The highest BCUT2D eigenvalue weighted by Gasteiger charge is 2.67.